The third-order valence-electron chi connectivity index (χ3n) is 2.99. The van der Waals surface area contributed by atoms with E-state index in [9.17, 15) is 13.2 Å². The molecule has 0 fully saturated rings. The van der Waals surface area contributed by atoms with Crippen LogP contribution in [0.25, 0.3) is 0 Å². The maximum Gasteiger partial charge on any atom is 0.352 e. The summed E-state index contributed by atoms with van der Waals surface area (Å²) in [4.78, 5) is 17.2. The largest absolute Gasteiger partial charge is 0.477 e. The third-order valence-corrected chi connectivity index (χ3v) is 4.37. The van der Waals surface area contributed by atoms with Crippen molar-refractivity contribution in [3.8, 4) is 0 Å². The number of pyridine rings is 1. The minimum atomic E-state index is -3.78. The number of carboxylic acid groups (broad SMARTS) is 1. The Labute approximate surface area is 122 Å². The van der Waals surface area contributed by atoms with Crippen molar-refractivity contribution in [2.24, 2.45) is 0 Å². The highest BCUT2D eigenvalue weighted by atomic mass is 32.2. The number of nitrogens with zero attached hydrogens (tertiary/aromatic N) is 1. The quantitative estimate of drug-likeness (QED) is 0.741. The molecule has 2 rings (SSSR count). The van der Waals surface area contributed by atoms with Crippen LogP contribution in [0.3, 0.4) is 0 Å². The molecule has 112 valence electrons. The van der Waals surface area contributed by atoms with E-state index in [2.05, 4.69) is 14.7 Å². The van der Waals surface area contributed by atoms with Crippen LogP contribution in [-0.4, -0.2) is 29.5 Å². The molecular weight excluding hydrogens is 294 g/mol. The van der Waals surface area contributed by atoms with E-state index in [0.29, 0.717) is 5.69 Å². The van der Waals surface area contributed by atoms with Crippen LogP contribution >= 0.6 is 0 Å². The van der Waals surface area contributed by atoms with Crippen LogP contribution in [0.1, 0.15) is 28.7 Å². The lowest BCUT2D eigenvalue weighted by molar-refractivity contribution is 0.0691. The van der Waals surface area contributed by atoms with Crippen LogP contribution in [0, 0.1) is 0 Å². The summed E-state index contributed by atoms with van der Waals surface area (Å²) in [5.74, 6) is -1.21. The second-order valence-electron chi connectivity index (χ2n) is 4.34. The predicted molar refractivity (Wildman–Crippen MR) is 75.4 cm³/mol. The number of aromatic nitrogens is 2. The first-order chi connectivity index (χ1) is 9.94. The second-order valence-corrected chi connectivity index (χ2v) is 6.11. The van der Waals surface area contributed by atoms with Crippen molar-refractivity contribution < 1.29 is 18.3 Å². The summed E-state index contributed by atoms with van der Waals surface area (Å²) in [5.41, 5.74) is 1.43. The molecule has 0 amide bonds. The van der Waals surface area contributed by atoms with E-state index in [1.54, 1.807) is 12.3 Å². The molecule has 0 atom stereocenters. The molecule has 0 aromatic carbocycles. The molecule has 0 aliphatic rings. The van der Waals surface area contributed by atoms with Crippen molar-refractivity contribution in [2.75, 3.05) is 0 Å². The predicted octanol–water partition coefficient (Wildman–Crippen LogP) is 1.15. The summed E-state index contributed by atoms with van der Waals surface area (Å²) in [6, 6.07) is 4.75. The lowest BCUT2D eigenvalue weighted by atomic mass is 10.1. The molecule has 0 bridgehead atoms. The van der Waals surface area contributed by atoms with Gasteiger partial charge in [-0.2, -0.15) is 0 Å². The fourth-order valence-corrected chi connectivity index (χ4v) is 2.83. The molecule has 0 saturated heterocycles. The third kappa shape index (κ3) is 3.47. The van der Waals surface area contributed by atoms with E-state index in [1.807, 2.05) is 13.0 Å². The van der Waals surface area contributed by atoms with Gasteiger partial charge >= 0.3 is 5.97 Å². The molecule has 0 spiro atoms. The van der Waals surface area contributed by atoms with E-state index in [0.717, 1.165) is 24.2 Å². The van der Waals surface area contributed by atoms with Crippen LogP contribution in [-0.2, 0) is 23.0 Å². The van der Waals surface area contributed by atoms with Crippen LogP contribution in [0.15, 0.2) is 35.5 Å². The number of aryl methyl sites for hydroxylation is 1. The minimum Gasteiger partial charge on any atom is -0.477 e. The van der Waals surface area contributed by atoms with Crippen molar-refractivity contribution in [3.05, 3.63) is 47.5 Å². The van der Waals surface area contributed by atoms with E-state index in [1.165, 1.54) is 0 Å². The van der Waals surface area contributed by atoms with Crippen LogP contribution in [0.5, 0.6) is 0 Å². The fourth-order valence-electron chi connectivity index (χ4n) is 1.85. The first-order valence-electron chi connectivity index (χ1n) is 6.28. The zero-order chi connectivity index (χ0) is 15.5. The van der Waals surface area contributed by atoms with E-state index >= 15 is 0 Å². The van der Waals surface area contributed by atoms with E-state index in [4.69, 9.17) is 5.11 Å². The van der Waals surface area contributed by atoms with E-state index in [-0.39, 0.29) is 17.1 Å². The number of carbonyl (C=O) groups is 1. The Balaban J connectivity index is 2.16. The Hall–Kier alpha value is -2.19. The summed E-state index contributed by atoms with van der Waals surface area (Å²) in [6.45, 7) is 2.01. The minimum absolute atomic E-state index is 0.0555. The first-order valence-corrected chi connectivity index (χ1v) is 7.76. The normalized spacial score (nSPS) is 11.5. The summed E-state index contributed by atoms with van der Waals surface area (Å²) in [6.07, 6.45) is 3.49. The monoisotopic (exact) mass is 309 g/mol. The van der Waals surface area contributed by atoms with Crippen LogP contribution in [0.4, 0.5) is 0 Å². The highest BCUT2D eigenvalue weighted by Gasteiger charge is 2.18. The molecule has 0 saturated carbocycles. The lowest BCUT2D eigenvalue weighted by Crippen LogP contribution is -2.24. The number of rotatable bonds is 6. The highest BCUT2D eigenvalue weighted by molar-refractivity contribution is 7.89. The highest BCUT2D eigenvalue weighted by Crippen LogP contribution is 2.12. The Morgan fingerprint density at radius 3 is 2.86 bits per heavy atom. The number of aromatic carboxylic acids is 1. The second kappa shape index (κ2) is 6.06. The Kier molecular flexibility index (Phi) is 4.39. The lowest BCUT2D eigenvalue weighted by Gasteiger charge is -2.08. The standard InChI is InChI=1S/C13H15N3O4S/c1-2-9-4-3-5-14-12(9)8-16-21(19,20)10-6-11(13(17)18)15-7-10/h3-7,15-16H,2,8H2,1H3,(H,17,18). The topological polar surface area (TPSA) is 112 Å². The Bertz CT molecular complexity index is 752. The molecular formula is C13H15N3O4S. The molecule has 0 radical (unpaired) electrons. The van der Waals surface area contributed by atoms with Gasteiger partial charge in [-0.3, -0.25) is 4.98 Å². The number of aromatic amines is 1. The molecule has 0 aliphatic heterocycles. The SMILES string of the molecule is CCc1cccnc1CNS(=O)(=O)c1c[nH]c(C(=O)O)c1. The molecule has 2 heterocycles. The number of sulfonamides is 1. The number of hydrogen-bond acceptors (Lipinski definition) is 4. The average molecular weight is 309 g/mol. The van der Waals surface area contributed by atoms with Gasteiger partial charge in [-0.05, 0) is 24.1 Å². The van der Waals surface area contributed by atoms with Gasteiger partial charge in [-0.15, -0.1) is 0 Å². The van der Waals surface area contributed by atoms with Gasteiger partial charge < -0.3 is 10.1 Å². The average Bonchev–Trinajstić information content (AvgIpc) is 2.96. The molecule has 2 aromatic heterocycles. The number of H-pyrrole nitrogens is 1. The van der Waals surface area contributed by atoms with Crippen molar-refractivity contribution in [1.82, 2.24) is 14.7 Å². The van der Waals surface area contributed by atoms with Gasteiger partial charge in [0.15, 0.2) is 0 Å². The van der Waals surface area contributed by atoms with Gasteiger partial charge in [0.1, 0.15) is 10.6 Å². The Morgan fingerprint density at radius 2 is 2.24 bits per heavy atom. The fraction of sp³-hybridized carbons (Fsp3) is 0.231. The van der Waals surface area contributed by atoms with Crippen LogP contribution < -0.4 is 4.72 Å². The van der Waals surface area contributed by atoms with Gasteiger partial charge in [-0.1, -0.05) is 13.0 Å². The summed E-state index contributed by atoms with van der Waals surface area (Å²) < 4.78 is 26.6. The van der Waals surface area contributed by atoms with Crippen molar-refractivity contribution in [1.29, 1.82) is 0 Å². The number of hydrogen-bond donors (Lipinski definition) is 3. The van der Waals surface area contributed by atoms with Crippen molar-refractivity contribution in [2.45, 2.75) is 24.8 Å². The van der Waals surface area contributed by atoms with Gasteiger partial charge in [0, 0.05) is 12.4 Å². The van der Waals surface area contributed by atoms with Crippen molar-refractivity contribution in [3.63, 3.8) is 0 Å². The summed E-state index contributed by atoms with van der Waals surface area (Å²) >= 11 is 0. The van der Waals surface area contributed by atoms with Gasteiger partial charge in [-0.25, -0.2) is 17.9 Å². The van der Waals surface area contributed by atoms with Gasteiger partial charge in [0.25, 0.3) is 0 Å². The molecule has 7 nitrogen and oxygen atoms in total. The van der Waals surface area contributed by atoms with Gasteiger partial charge in [0.05, 0.1) is 12.2 Å². The first kappa shape index (κ1) is 15.2. The Morgan fingerprint density at radius 1 is 1.48 bits per heavy atom. The maximum atomic E-state index is 12.1. The zero-order valence-corrected chi connectivity index (χ0v) is 12.1. The van der Waals surface area contributed by atoms with E-state index < -0.39 is 16.0 Å². The van der Waals surface area contributed by atoms with Gasteiger partial charge in [0.2, 0.25) is 10.0 Å². The van der Waals surface area contributed by atoms with Crippen LogP contribution in [0.2, 0.25) is 0 Å². The smallest absolute Gasteiger partial charge is 0.352 e. The number of nitrogens with one attached hydrogen (secondary N) is 2. The summed E-state index contributed by atoms with van der Waals surface area (Å²) in [5, 5.41) is 8.78. The number of carboxylic acids is 1. The molecule has 21 heavy (non-hydrogen) atoms. The molecule has 3 N–H and O–H groups in total. The molecule has 0 aliphatic carbocycles. The molecule has 8 heteroatoms. The maximum absolute atomic E-state index is 12.1. The van der Waals surface area contributed by atoms with Crippen molar-refractivity contribution >= 4 is 16.0 Å². The summed E-state index contributed by atoms with van der Waals surface area (Å²) in [7, 11) is -3.78. The molecule has 0 unspecified atom stereocenters. The zero-order valence-electron chi connectivity index (χ0n) is 11.3. The molecule has 2 aromatic rings.